The van der Waals surface area contributed by atoms with Gasteiger partial charge in [-0.05, 0) is 57.0 Å². The minimum absolute atomic E-state index is 0.141. The van der Waals surface area contributed by atoms with Crippen molar-refractivity contribution in [2.45, 2.75) is 50.5 Å². The molecule has 0 bridgehead atoms. The van der Waals surface area contributed by atoms with Crippen molar-refractivity contribution in [3.8, 4) is 11.5 Å². The van der Waals surface area contributed by atoms with E-state index < -0.39 is 0 Å². The summed E-state index contributed by atoms with van der Waals surface area (Å²) in [7, 11) is 3.97. The Hall–Kier alpha value is -1.48. The zero-order valence-corrected chi connectivity index (χ0v) is 14.7. The number of nitrogens with zero attached hydrogens (tertiary/aromatic N) is 1. The molecule has 3 nitrogen and oxygen atoms in total. The van der Waals surface area contributed by atoms with Gasteiger partial charge in [0.2, 0.25) is 0 Å². The van der Waals surface area contributed by atoms with Crippen molar-refractivity contribution >= 4 is 0 Å². The summed E-state index contributed by atoms with van der Waals surface area (Å²) in [6, 6.07) is 7.12. The topological polar surface area (TPSA) is 21.7 Å². The lowest BCUT2D eigenvalue weighted by Crippen LogP contribution is -2.41. The Morgan fingerprint density at radius 1 is 1.30 bits per heavy atom. The fourth-order valence-corrected chi connectivity index (χ4v) is 4.14. The zero-order valence-electron chi connectivity index (χ0n) is 14.7. The van der Waals surface area contributed by atoms with Crippen LogP contribution in [0.5, 0.6) is 11.5 Å². The summed E-state index contributed by atoms with van der Waals surface area (Å²) >= 11 is 0. The molecule has 1 aromatic carbocycles. The molecule has 2 aliphatic rings. The highest BCUT2D eigenvalue weighted by atomic mass is 16.5. The Bertz CT molecular complexity index is 569. The summed E-state index contributed by atoms with van der Waals surface area (Å²) in [6.07, 6.45) is 10.6. The molecular weight excluding hydrogens is 286 g/mol. The average Bonchev–Trinajstić information content (AvgIpc) is 2.94. The number of hydrogen-bond donors (Lipinski definition) is 0. The summed E-state index contributed by atoms with van der Waals surface area (Å²) in [5.74, 6) is 1.73. The molecule has 1 unspecified atom stereocenters. The highest BCUT2D eigenvalue weighted by Gasteiger charge is 2.46. The number of allylic oxidation sites excluding steroid dienone is 1. The fourth-order valence-electron chi connectivity index (χ4n) is 4.14. The van der Waals surface area contributed by atoms with Crippen LogP contribution in [-0.4, -0.2) is 38.3 Å². The fraction of sp³-hybridized carbons (Fsp3) is 0.600. The molecule has 23 heavy (non-hydrogen) atoms. The summed E-state index contributed by atoms with van der Waals surface area (Å²) in [5, 5.41) is 0. The summed E-state index contributed by atoms with van der Waals surface area (Å²) in [4.78, 5) is 2.52. The third kappa shape index (κ3) is 2.99. The SMILES string of the molecule is CCCCOc1cc([C@@]23C=CCCC2N(C)CC3)ccc1OC. The first-order chi connectivity index (χ1) is 11.2. The van der Waals surface area contributed by atoms with E-state index in [2.05, 4.69) is 49.2 Å². The van der Waals surface area contributed by atoms with E-state index in [1.54, 1.807) is 7.11 Å². The van der Waals surface area contributed by atoms with E-state index >= 15 is 0 Å². The van der Waals surface area contributed by atoms with Crippen LogP contribution >= 0.6 is 0 Å². The van der Waals surface area contributed by atoms with Crippen molar-refractivity contribution in [3.63, 3.8) is 0 Å². The number of hydrogen-bond acceptors (Lipinski definition) is 3. The molecule has 1 saturated heterocycles. The highest BCUT2D eigenvalue weighted by Crippen LogP contribution is 2.46. The highest BCUT2D eigenvalue weighted by molar-refractivity contribution is 5.48. The van der Waals surface area contributed by atoms with Crippen LogP contribution < -0.4 is 9.47 Å². The number of likely N-dealkylation sites (N-methyl/N-ethyl adjacent to an activating group) is 1. The molecule has 3 heteroatoms. The molecule has 0 saturated carbocycles. The Morgan fingerprint density at radius 3 is 2.96 bits per heavy atom. The molecular formula is C20H29NO2. The van der Waals surface area contributed by atoms with E-state index in [9.17, 15) is 0 Å². The van der Waals surface area contributed by atoms with Crippen molar-refractivity contribution in [3.05, 3.63) is 35.9 Å². The van der Waals surface area contributed by atoms with Crippen LogP contribution in [0.25, 0.3) is 0 Å². The molecule has 0 N–H and O–H groups in total. The van der Waals surface area contributed by atoms with E-state index in [-0.39, 0.29) is 5.41 Å². The zero-order chi connectivity index (χ0) is 16.3. The van der Waals surface area contributed by atoms with Crippen LogP contribution in [0.15, 0.2) is 30.4 Å². The van der Waals surface area contributed by atoms with Gasteiger partial charge < -0.3 is 14.4 Å². The van der Waals surface area contributed by atoms with Crippen molar-refractivity contribution in [2.24, 2.45) is 0 Å². The van der Waals surface area contributed by atoms with Crippen molar-refractivity contribution in [2.75, 3.05) is 27.3 Å². The summed E-state index contributed by atoms with van der Waals surface area (Å²) in [5.41, 5.74) is 1.51. The van der Waals surface area contributed by atoms with Crippen molar-refractivity contribution < 1.29 is 9.47 Å². The first kappa shape index (κ1) is 16.4. The molecule has 1 aliphatic heterocycles. The quantitative estimate of drug-likeness (QED) is 0.581. The first-order valence-corrected chi connectivity index (χ1v) is 8.90. The van der Waals surface area contributed by atoms with E-state index in [1.165, 1.54) is 24.8 Å². The van der Waals surface area contributed by atoms with Gasteiger partial charge in [0.15, 0.2) is 11.5 Å². The predicted octanol–water partition coefficient (Wildman–Crippen LogP) is 4.17. The third-order valence-corrected chi connectivity index (χ3v) is 5.48. The smallest absolute Gasteiger partial charge is 0.161 e. The number of likely N-dealkylation sites (tertiary alicyclic amines) is 1. The van der Waals surface area contributed by atoms with Gasteiger partial charge in [-0.25, -0.2) is 0 Å². The third-order valence-electron chi connectivity index (χ3n) is 5.48. The second kappa shape index (κ2) is 6.96. The number of unbranched alkanes of at least 4 members (excludes halogenated alkanes) is 1. The van der Waals surface area contributed by atoms with Gasteiger partial charge in [0.1, 0.15) is 0 Å². The Morgan fingerprint density at radius 2 is 2.17 bits per heavy atom. The number of benzene rings is 1. The lowest BCUT2D eigenvalue weighted by Gasteiger charge is -2.38. The maximum atomic E-state index is 6.01. The van der Waals surface area contributed by atoms with Crippen LogP contribution in [0.2, 0.25) is 0 Å². The minimum Gasteiger partial charge on any atom is -0.493 e. The number of methoxy groups -OCH3 is 1. The Balaban J connectivity index is 1.94. The number of rotatable bonds is 6. The van der Waals surface area contributed by atoms with Crippen molar-refractivity contribution in [1.29, 1.82) is 0 Å². The molecule has 1 heterocycles. The standard InChI is InChI=1S/C20H29NO2/c1-4-5-14-23-18-15-16(9-10-17(18)22-3)20-11-7-6-8-19(20)21(2)13-12-20/h7,9-11,15,19H,4-6,8,12-14H2,1-3H3/t19?,20-/m0/s1. The maximum absolute atomic E-state index is 6.01. The van der Waals surface area contributed by atoms with E-state index in [0.717, 1.165) is 37.5 Å². The largest absolute Gasteiger partial charge is 0.493 e. The maximum Gasteiger partial charge on any atom is 0.161 e. The molecule has 1 aliphatic carbocycles. The van der Waals surface area contributed by atoms with Crippen LogP contribution in [0.4, 0.5) is 0 Å². The van der Waals surface area contributed by atoms with Crippen LogP contribution in [0.1, 0.15) is 44.6 Å². The molecule has 1 aromatic rings. The molecule has 1 fully saturated rings. The van der Waals surface area contributed by atoms with E-state index in [0.29, 0.717) is 6.04 Å². The molecule has 0 amide bonds. The monoisotopic (exact) mass is 315 g/mol. The van der Waals surface area contributed by atoms with Gasteiger partial charge in [-0.15, -0.1) is 0 Å². The van der Waals surface area contributed by atoms with Gasteiger partial charge in [-0.1, -0.05) is 31.6 Å². The first-order valence-electron chi connectivity index (χ1n) is 8.90. The van der Waals surface area contributed by atoms with Crippen LogP contribution in [0, 0.1) is 0 Å². The number of ether oxygens (including phenoxy) is 2. The average molecular weight is 315 g/mol. The summed E-state index contributed by atoms with van der Waals surface area (Å²) < 4.78 is 11.5. The lowest BCUT2D eigenvalue weighted by atomic mass is 9.70. The molecule has 0 aromatic heterocycles. The van der Waals surface area contributed by atoms with E-state index in [1.807, 2.05) is 0 Å². The molecule has 0 radical (unpaired) electrons. The van der Waals surface area contributed by atoms with Gasteiger partial charge in [0.05, 0.1) is 13.7 Å². The van der Waals surface area contributed by atoms with Gasteiger partial charge in [-0.3, -0.25) is 0 Å². The van der Waals surface area contributed by atoms with Crippen LogP contribution in [-0.2, 0) is 5.41 Å². The second-order valence-corrected chi connectivity index (χ2v) is 6.83. The van der Waals surface area contributed by atoms with Crippen LogP contribution in [0.3, 0.4) is 0 Å². The molecule has 2 atom stereocenters. The number of fused-ring (bicyclic) bond motifs is 1. The molecule has 126 valence electrons. The minimum atomic E-state index is 0.141. The van der Waals surface area contributed by atoms with Crippen molar-refractivity contribution in [1.82, 2.24) is 4.90 Å². The lowest BCUT2D eigenvalue weighted by molar-refractivity contribution is 0.248. The second-order valence-electron chi connectivity index (χ2n) is 6.83. The van der Waals surface area contributed by atoms with E-state index in [4.69, 9.17) is 9.47 Å². The van der Waals surface area contributed by atoms with Gasteiger partial charge in [0.25, 0.3) is 0 Å². The molecule has 0 spiro atoms. The van der Waals surface area contributed by atoms with Gasteiger partial charge >= 0.3 is 0 Å². The molecule has 3 rings (SSSR count). The van der Waals surface area contributed by atoms with Gasteiger partial charge in [0, 0.05) is 11.5 Å². The normalized spacial score (nSPS) is 27.0. The Labute approximate surface area is 140 Å². The summed E-state index contributed by atoms with van der Waals surface area (Å²) in [6.45, 7) is 4.09. The van der Waals surface area contributed by atoms with Gasteiger partial charge in [-0.2, -0.15) is 0 Å². The predicted molar refractivity (Wildman–Crippen MR) is 94.5 cm³/mol. The Kier molecular flexibility index (Phi) is 4.96.